The molecule has 7 atom stereocenters. The predicted octanol–water partition coefficient (Wildman–Crippen LogP) is 0.464. The molecule has 0 amide bonds. The summed E-state index contributed by atoms with van der Waals surface area (Å²) in [6.07, 6.45) is -5.67. The largest absolute Gasteiger partial charge is 0.387 e. The summed E-state index contributed by atoms with van der Waals surface area (Å²) in [4.78, 5) is 12.3. The van der Waals surface area contributed by atoms with Crippen molar-refractivity contribution in [3.05, 3.63) is 0 Å². The van der Waals surface area contributed by atoms with E-state index < -0.39 is 60.3 Å². The Labute approximate surface area is 158 Å². The molecule has 0 bridgehead atoms. The summed E-state index contributed by atoms with van der Waals surface area (Å²) in [6.45, 7) is 10.4. The first-order chi connectivity index (χ1) is 12.4. The van der Waals surface area contributed by atoms with Crippen LogP contribution in [-0.4, -0.2) is 77.8 Å². The van der Waals surface area contributed by atoms with Crippen LogP contribution in [0.1, 0.15) is 41.5 Å². The highest BCUT2D eigenvalue weighted by Crippen LogP contribution is 2.45. The maximum atomic E-state index is 12.3. The van der Waals surface area contributed by atoms with Crippen molar-refractivity contribution in [1.29, 1.82) is 0 Å². The van der Waals surface area contributed by atoms with Gasteiger partial charge in [-0.15, -0.1) is 0 Å². The van der Waals surface area contributed by atoms with Gasteiger partial charge in [0, 0.05) is 0 Å². The molecule has 0 aliphatic carbocycles. The van der Waals surface area contributed by atoms with Gasteiger partial charge in [-0.05, 0) is 41.5 Å². The zero-order valence-corrected chi connectivity index (χ0v) is 16.5. The molecule has 0 unspecified atom stereocenters. The first-order valence-electron chi connectivity index (χ1n) is 9.27. The Bertz CT molecular complexity index is 616. The van der Waals surface area contributed by atoms with Crippen LogP contribution in [0.2, 0.25) is 0 Å². The minimum absolute atomic E-state index is 0.142. The number of aliphatic hydroxyl groups is 1. The Morgan fingerprint density at radius 1 is 0.852 bits per heavy atom. The second kappa shape index (κ2) is 6.17. The maximum Gasteiger partial charge on any atom is 0.190 e. The van der Waals surface area contributed by atoms with Gasteiger partial charge >= 0.3 is 0 Å². The highest BCUT2D eigenvalue weighted by molar-refractivity contribution is 5.85. The molecule has 4 saturated heterocycles. The molecule has 4 fully saturated rings. The number of carbonyl (C=O) groups excluding carboxylic acids is 1. The van der Waals surface area contributed by atoms with E-state index in [1.54, 1.807) is 41.5 Å². The molecular formula is C18H28O9. The van der Waals surface area contributed by atoms with Gasteiger partial charge in [0.15, 0.2) is 29.4 Å². The van der Waals surface area contributed by atoms with Crippen molar-refractivity contribution in [3.8, 4) is 0 Å². The molecule has 1 N–H and O–H groups in total. The standard InChI is InChI=1S/C18H28O9/c1-16(2)21-7-8(19)10(23-16)9(20)11-12-13(25-17(3,4)24-12)14-15(22-11)27-18(5,6)26-14/h9-15,20H,7H2,1-6H3/t9-,10-,11+,12-,13-,14+,15+/m0/s1. The lowest BCUT2D eigenvalue weighted by atomic mass is 9.91. The highest BCUT2D eigenvalue weighted by atomic mass is 16.9. The molecule has 0 radical (unpaired) electrons. The van der Waals surface area contributed by atoms with E-state index in [0.29, 0.717) is 0 Å². The zero-order chi connectivity index (χ0) is 19.8. The maximum absolute atomic E-state index is 12.3. The molecule has 27 heavy (non-hydrogen) atoms. The van der Waals surface area contributed by atoms with Crippen molar-refractivity contribution >= 4 is 5.78 Å². The lowest BCUT2D eigenvalue weighted by molar-refractivity contribution is -0.299. The number of carbonyl (C=O) groups is 1. The van der Waals surface area contributed by atoms with E-state index in [4.69, 9.17) is 33.2 Å². The summed E-state index contributed by atoms with van der Waals surface area (Å²) < 4.78 is 40.8. The average Bonchev–Trinajstić information content (AvgIpc) is 3.02. The Balaban J connectivity index is 1.61. The van der Waals surface area contributed by atoms with Gasteiger partial charge < -0.3 is 38.3 Å². The first-order valence-corrected chi connectivity index (χ1v) is 9.27. The SMILES string of the molecule is CC1(C)O[C@@H]2[C@H](O1)[C@H]1OC(C)(C)O[C@H]1O[C@@H]2[C@@H](O)[C@H]1OC(C)(C)OCC1=O. The van der Waals surface area contributed by atoms with Crippen molar-refractivity contribution < 1.29 is 43.1 Å². The minimum atomic E-state index is -1.28. The predicted molar refractivity (Wildman–Crippen MR) is 88.4 cm³/mol. The van der Waals surface area contributed by atoms with E-state index in [-0.39, 0.29) is 12.4 Å². The van der Waals surface area contributed by atoms with E-state index in [1.165, 1.54) is 0 Å². The number of ketones is 1. The number of Topliss-reactive ketones (excluding diaryl/α,β-unsaturated/α-hetero) is 1. The lowest BCUT2D eigenvalue weighted by Gasteiger charge is -2.43. The first kappa shape index (κ1) is 19.7. The van der Waals surface area contributed by atoms with Crippen molar-refractivity contribution in [1.82, 2.24) is 0 Å². The summed E-state index contributed by atoms with van der Waals surface area (Å²) in [6, 6.07) is 0. The smallest absolute Gasteiger partial charge is 0.190 e. The van der Waals surface area contributed by atoms with Crippen molar-refractivity contribution in [2.45, 2.75) is 102 Å². The fourth-order valence-electron chi connectivity index (χ4n) is 4.08. The molecule has 4 aliphatic rings. The summed E-state index contributed by atoms with van der Waals surface area (Å²) >= 11 is 0. The third-order valence-corrected chi connectivity index (χ3v) is 5.13. The molecule has 4 heterocycles. The number of rotatable bonds is 2. The third kappa shape index (κ3) is 3.56. The van der Waals surface area contributed by atoms with Gasteiger partial charge in [0.05, 0.1) is 0 Å². The van der Waals surface area contributed by atoms with Gasteiger partial charge in [-0.2, -0.15) is 0 Å². The molecule has 9 heteroatoms. The molecule has 4 rings (SSSR count). The normalized spacial score (nSPS) is 46.0. The van der Waals surface area contributed by atoms with E-state index in [9.17, 15) is 9.90 Å². The molecule has 154 valence electrons. The summed E-state index contributed by atoms with van der Waals surface area (Å²) in [7, 11) is 0. The van der Waals surface area contributed by atoms with Gasteiger partial charge in [0.2, 0.25) is 0 Å². The van der Waals surface area contributed by atoms with E-state index in [2.05, 4.69) is 0 Å². The second-order valence-electron chi connectivity index (χ2n) is 8.82. The van der Waals surface area contributed by atoms with Crippen LogP contribution in [0.15, 0.2) is 0 Å². The van der Waals surface area contributed by atoms with Crippen molar-refractivity contribution in [2.75, 3.05) is 6.61 Å². The van der Waals surface area contributed by atoms with Gasteiger partial charge in [0.25, 0.3) is 0 Å². The van der Waals surface area contributed by atoms with Crippen LogP contribution < -0.4 is 0 Å². The number of aliphatic hydroxyl groups excluding tert-OH is 1. The van der Waals surface area contributed by atoms with E-state index in [1.807, 2.05) is 0 Å². The third-order valence-electron chi connectivity index (χ3n) is 5.13. The fraction of sp³-hybridized carbons (Fsp3) is 0.944. The van der Waals surface area contributed by atoms with Gasteiger partial charge in [-0.1, -0.05) is 0 Å². The molecular weight excluding hydrogens is 360 g/mol. The Kier molecular flexibility index (Phi) is 4.49. The number of fused-ring (bicyclic) bond motifs is 3. The monoisotopic (exact) mass is 388 g/mol. The number of ether oxygens (including phenoxy) is 7. The van der Waals surface area contributed by atoms with Crippen LogP contribution in [0.3, 0.4) is 0 Å². The van der Waals surface area contributed by atoms with Gasteiger partial charge in [-0.25, -0.2) is 0 Å². The zero-order valence-electron chi connectivity index (χ0n) is 16.5. The molecule has 0 aromatic rings. The topological polar surface area (TPSA) is 102 Å². The Morgan fingerprint density at radius 3 is 2.15 bits per heavy atom. The van der Waals surface area contributed by atoms with Crippen LogP contribution in [-0.2, 0) is 38.0 Å². The summed E-state index contributed by atoms with van der Waals surface area (Å²) in [5.41, 5.74) is 0. The minimum Gasteiger partial charge on any atom is -0.387 e. The molecule has 9 nitrogen and oxygen atoms in total. The highest BCUT2D eigenvalue weighted by Gasteiger charge is 2.63. The van der Waals surface area contributed by atoms with E-state index in [0.717, 1.165) is 0 Å². The summed E-state index contributed by atoms with van der Waals surface area (Å²) in [5.74, 6) is -3.09. The summed E-state index contributed by atoms with van der Waals surface area (Å²) in [5, 5.41) is 11.0. The van der Waals surface area contributed by atoms with Crippen molar-refractivity contribution in [2.24, 2.45) is 0 Å². The van der Waals surface area contributed by atoms with Crippen molar-refractivity contribution in [3.63, 3.8) is 0 Å². The molecule has 0 spiro atoms. The van der Waals surface area contributed by atoms with Gasteiger partial charge in [0.1, 0.15) is 43.2 Å². The van der Waals surface area contributed by atoms with Crippen LogP contribution in [0.25, 0.3) is 0 Å². The Hall–Kier alpha value is -0.650. The molecule has 0 saturated carbocycles. The Morgan fingerprint density at radius 2 is 1.44 bits per heavy atom. The average molecular weight is 388 g/mol. The van der Waals surface area contributed by atoms with Crippen LogP contribution in [0.5, 0.6) is 0 Å². The van der Waals surface area contributed by atoms with Crippen LogP contribution in [0, 0.1) is 0 Å². The quantitative estimate of drug-likeness (QED) is 0.723. The second-order valence-corrected chi connectivity index (χ2v) is 8.82. The lowest BCUT2D eigenvalue weighted by Crippen LogP contribution is -2.63. The molecule has 0 aromatic heterocycles. The molecule has 0 aromatic carbocycles. The molecule has 4 aliphatic heterocycles. The number of hydrogen-bond acceptors (Lipinski definition) is 9. The van der Waals surface area contributed by atoms with Gasteiger partial charge in [-0.3, -0.25) is 4.79 Å². The fourth-order valence-corrected chi connectivity index (χ4v) is 4.08. The van der Waals surface area contributed by atoms with Crippen LogP contribution in [0.4, 0.5) is 0 Å². The van der Waals surface area contributed by atoms with E-state index >= 15 is 0 Å². The number of hydrogen-bond donors (Lipinski definition) is 1. The van der Waals surface area contributed by atoms with Crippen LogP contribution >= 0.6 is 0 Å².